The Morgan fingerprint density at radius 3 is 2.55 bits per heavy atom. The number of benzene rings is 1. The second kappa shape index (κ2) is 5.33. The van der Waals surface area contributed by atoms with Gasteiger partial charge >= 0.3 is 0 Å². The van der Waals surface area contributed by atoms with Crippen molar-refractivity contribution >= 4 is 0 Å². The van der Waals surface area contributed by atoms with Crippen LogP contribution < -0.4 is 5.32 Å². The van der Waals surface area contributed by atoms with Crippen molar-refractivity contribution in [2.45, 2.75) is 46.2 Å². The van der Waals surface area contributed by atoms with Gasteiger partial charge in [0.2, 0.25) is 0 Å². The summed E-state index contributed by atoms with van der Waals surface area (Å²) >= 11 is 0. The van der Waals surface area contributed by atoms with Crippen molar-refractivity contribution < 1.29 is 0 Å². The Morgan fingerprint density at radius 1 is 1.05 bits per heavy atom. The Balaban J connectivity index is 1.88. The van der Waals surface area contributed by atoms with E-state index in [-0.39, 0.29) is 0 Å². The second-order valence-corrected chi connectivity index (χ2v) is 5.77. The van der Waals surface area contributed by atoms with Crippen molar-refractivity contribution in [1.82, 2.24) is 15.3 Å². The van der Waals surface area contributed by atoms with Crippen LogP contribution >= 0.6 is 0 Å². The van der Waals surface area contributed by atoms with Crippen molar-refractivity contribution in [3.8, 4) is 11.3 Å². The molecule has 1 aromatic heterocycles. The largest absolute Gasteiger partial charge is 0.307 e. The average Bonchev–Trinajstić information content (AvgIpc) is 3.23. The molecule has 0 radical (unpaired) electrons. The zero-order valence-electron chi connectivity index (χ0n) is 12.4. The summed E-state index contributed by atoms with van der Waals surface area (Å²) in [6.45, 7) is 7.08. The average molecular weight is 267 g/mol. The maximum atomic E-state index is 4.70. The van der Waals surface area contributed by atoms with Gasteiger partial charge in [-0.15, -0.1) is 0 Å². The monoisotopic (exact) mass is 267 g/mol. The normalized spacial score (nSPS) is 14.6. The molecule has 1 aliphatic rings. The molecule has 104 valence electrons. The molecule has 1 heterocycles. The topological polar surface area (TPSA) is 37.8 Å². The van der Waals surface area contributed by atoms with Crippen LogP contribution in [0.3, 0.4) is 0 Å². The van der Waals surface area contributed by atoms with Gasteiger partial charge < -0.3 is 5.32 Å². The van der Waals surface area contributed by atoms with Crippen molar-refractivity contribution in [3.63, 3.8) is 0 Å². The lowest BCUT2D eigenvalue weighted by atomic mass is 10.0. The molecule has 1 fully saturated rings. The molecule has 1 aromatic carbocycles. The van der Waals surface area contributed by atoms with E-state index in [1.54, 1.807) is 0 Å². The van der Waals surface area contributed by atoms with Crippen LogP contribution in [-0.4, -0.2) is 16.0 Å². The van der Waals surface area contributed by atoms with Gasteiger partial charge in [0.05, 0.1) is 12.2 Å². The lowest BCUT2D eigenvalue weighted by Gasteiger charge is -2.08. The summed E-state index contributed by atoms with van der Waals surface area (Å²) in [5.74, 6) is 0.894. The Morgan fingerprint density at radius 2 is 1.85 bits per heavy atom. The molecular weight excluding hydrogens is 246 g/mol. The van der Waals surface area contributed by atoms with Crippen LogP contribution in [-0.2, 0) is 6.54 Å². The number of hydrogen-bond donors (Lipinski definition) is 1. The first kappa shape index (κ1) is 13.3. The fourth-order valence-electron chi connectivity index (χ4n) is 2.28. The highest BCUT2D eigenvalue weighted by Crippen LogP contribution is 2.22. The summed E-state index contributed by atoms with van der Waals surface area (Å²) in [4.78, 5) is 9.23. The third-order valence-corrected chi connectivity index (χ3v) is 3.83. The van der Waals surface area contributed by atoms with Crippen LogP contribution in [0.5, 0.6) is 0 Å². The predicted molar refractivity (Wildman–Crippen MR) is 81.5 cm³/mol. The van der Waals surface area contributed by atoms with E-state index >= 15 is 0 Å². The quantitative estimate of drug-likeness (QED) is 0.923. The predicted octanol–water partition coefficient (Wildman–Crippen LogP) is 3.32. The van der Waals surface area contributed by atoms with Crippen LogP contribution in [0.25, 0.3) is 11.3 Å². The maximum Gasteiger partial charge on any atom is 0.143 e. The van der Waals surface area contributed by atoms with Gasteiger partial charge in [-0.25, -0.2) is 9.97 Å². The minimum atomic E-state index is 0.684. The molecule has 3 heteroatoms. The summed E-state index contributed by atoms with van der Waals surface area (Å²) in [7, 11) is 0. The summed E-state index contributed by atoms with van der Waals surface area (Å²) in [5.41, 5.74) is 5.84. The molecule has 0 aliphatic heterocycles. The van der Waals surface area contributed by atoms with E-state index in [0.29, 0.717) is 6.04 Å². The number of rotatable bonds is 4. The van der Waals surface area contributed by atoms with Crippen molar-refractivity contribution in [1.29, 1.82) is 0 Å². The van der Waals surface area contributed by atoms with E-state index in [9.17, 15) is 0 Å². The second-order valence-electron chi connectivity index (χ2n) is 5.77. The molecular formula is C17H21N3. The molecule has 3 nitrogen and oxygen atoms in total. The van der Waals surface area contributed by atoms with E-state index < -0.39 is 0 Å². The van der Waals surface area contributed by atoms with Gasteiger partial charge in [-0.1, -0.05) is 12.1 Å². The van der Waals surface area contributed by atoms with Gasteiger partial charge in [0.15, 0.2) is 0 Å². The molecule has 0 unspecified atom stereocenters. The van der Waals surface area contributed by atoms with E-state index in [1.165, 1.54) is 29.5 Å². The van der Waals surface area contributed by atoms with Crippen LogP contribution in [0.4, 0.5) is 0 Å². The number of aryl methyl sites for hydroxylation is 3. The third-order valence-electron chi connectivity index (χ3n) is 3.83. The Labute approximate surface area is 120 Å². The number of nitrogens with zero attached hydrogens (tertiary/aromatic N) is 2. The fourth-order valence-corrected chi connectivity index (χ4v) is 2.28. The van der Waals surface area contributed by atoms with Crippen LogP contribution in [0, 0.1) is 20.8 Å². The maximum absolute atomic E-state index is 4.70. The molecule has 2 aromatic rings. The van der Waals surface area contributed by atoms with Crippen LogP contribution in [0.1, 0.15) is 35.5 Å². The summed E-state index contributed by atoms with van der Waals surface area (Å²) in [6, 6.07) is 9.25. The lowest BCUT2D eigenvalue weighted by Crippen LogP contribution is -2.17. The van der Waals surface area contributed by atoms with Gasteiger partial charge in [-0.2, -0.15) is 0 Å². The van der Waals surface area contributed by atoms with Crippen molar-refractivity contribution in [2.24, 2.45) is 0 Å². The first-order chi connectivity index (χ1) is 9.61. The molecule has 0 bridgehead atoms. The molecule has 1 N–H and O–H groups in total. The standard InChI is InChI=1S/C17H21N3/c1-11-4-5-14(8-12(11)2)16-9-13(3)19-17(20-16)10-18-15-6-7-15/h4-5,8-9,15,18H,6-7,10H2,1-3H3. The van der Waals surface area contributed by atoms with Crippen LogP contribution in [0.2, 0.25) is 0 Å². The smallest absolute Gasteiger partial charge is 0.143 e. The van der Waals surface area contributed by atoms with Gasteiger partial charge in [-0.3, -0.25) is 0 Å². The number of hydrogen-bond acceptors (Lipinski definition) is 3. The summed E-state index contributed by atoms with van der Waals surface area (Å²) < 4.78 is 0. The first-order valence-corrected chi connectivity index (χ1v) is 7.27. The van der Waals surface area contributed by atoms with E-state index in [1.807, 2.05) is 6.92 Å². The Bertz CT molecular complexity index is 630. The van der Waals surface area contributed by atoms with Gasteiger partial charge in [0.25, 0.3) is 0 Å². The highest BCUT2D eigenvalue weighted by molar-refractivity contribution is 5.61. The minimum absolute atomic E-state index is 0.684. The highest BCUT2D eigenvalue weighted by Gasteiger charge is 2.20. The van der Waals surface area contributed by atoms with E-state index in [2.05, 4.69) is 48.4 Å². The van der Waals surface area contributed by atoms with Crippen molar-refractivity contribution in [2.75, 3.05) is 0 Å². The van der Waals surface area contributed by atoms with E-state index in [4.69, 9.17) is 4.98 Å². The first-order valence-electron chi connectivity index (χ1n) is 7.27. The summed E-state index contributed by atoms with van der Waals surface area (Å²) in [6.07, 6.45) is 2.58. The zero-order valence-corrected chi connectivity index (χ0v) is 12.4. The minimum Gasteiger partial charge on any atom is -0.307 e. The highest BCUT2D eigenvalue weighted by atomic mass is 15.0. The fraction of sp³-hybridized carbons (Fsp3) is 0.412. The summed E-state index contributed by atoms with van der Waals surface area (Å²) in [5, 5.41) is 3.47. The van der Waals surface area contributed by atoms with Gasteiger partial charge in [0.1, 0.15) is 5.82 Å². The van der Waals surface area contributed by atoms with Gasteiger partial charge in [-0.05, 0) is 56.9 Å². The van der Waals surface area contributed by atoms with Crippen LogP contribution in [0.15, 0.2) is 24.3 Å². The lowest BCUT2D eigenvalue weighted by molar-refractivity contribution is 0.656. The van der Waals surface area contributed by atoms with Crippen molar-refractivity contribution in [3.05, 3.63) is 46.9 Å². The molecule has 0 atom stereocenters. The Kier molecular flexibility index (Phi) is 3.53. The molecule has 3 rings (SSSR count). The number of nitrogens with one attached hydrogen (secondary N) is 1. The molecule has 0 saturated heterocycles. The van der Waals surface area contributed by atoms with E-state index in [0.717, 1.165) is 23.8 Å². The van der Waals surface area contributed by atoms with Gasteiger partial charge in [0, 0.05) is 17.3 Å². The number of aromatic nitrogens is 2. The molecule has 1 aliphatic carbocycles. The molecule has 1 saturated carbocycles. The SMILES string of the molecule is Cc1cc(-c2ccc(C)c(C)c2)nc(CNC2CC2)n1. The zero-order chi connectivity index (χ0) is 14.1. The molecule has 0 amide bonds. The molecule has 20 heavy (non-hydrogen) atoms. The molecule has 0 spiro atoms. The Hall–Kier alpha value is -1.74. The third kappa shape index (κ3) is 3.05.